The molecule has 2 unspecified atom stereocenters. The van der Waals surface area contributed by atoms with Crippen LogP contribution in [-0.4, -0.2) is 41.0 Å². The van der Waals surface area contributed by atoms with Crippen molar-refractivity contribution in [2.24, 2.45) is 0 Å². The first-order valence-corrected chi connectivity index (χ1v) is 22.7. The lowest BCUT2D eigenvalue weighted by atomic mass is 10.0. The summed E-state index contributed by atoms with van der Waals surface area (Å²) in [6.45, 7) is -0.201. The summed E-state index contributed by atoms with van der Waals surface area (Å²) in [5.74, 6) is -5.40. The molecule has 7 rings (SSSR count). The average molecular weight is 974 g/mol. The Balaban J connectivity index is 1.41. The molecule has 2 heterocycles. The molecule has 10 nitrogen and oxygen atoms in total. The summed E-state index contributed by atoms with van der Waals surface area (Å²) in [7, 11) is -6.70. The number of nitrogens with zero attached hydrogens (tertiary/aromatic N) is 3. The average Bonchev–Trinajstić information content (AvgIpc) is 3.27. The molecule has 2 aromatic heterocycles. The van der Waals surface area contributed by atoms with Gasteiger partial charge in [-0.25, -0.2) is 53.1 Å². The maximum Gasteiger partial charge on any atom is 0.189 e. The van der Waals surface area contributed by atoms with Gasteiger partial charge in [-0.05, 0) is 126 Å². The number of hydrazine groups is 1. The van der Waals surface area contributed by atoms with E-state index in [2.05, 4.69) is 15.4 Å². The molecule has 0 aliphatic rings. The second-order valence-electron chi connectivity index (χ2n) is 14.1. The fourth-order valence-corrected chi connectivity index (χ4v) is 11.2. The third-order valence-corrected chi connectivity index (χ3v) is 14.8. The molecule has 0 saturated heterocycles. The van der Waals surface area contributed by atoms with Crippen molar-refractivity contribution >= 4 is 54.5 Å². The van der Waals surface area contributed by atoms with Crippen LogP contribution in [0.5, 0.6) is 11.5 Å². The van der Waals surface area contributed by atoms with Crippen LogP contribution in [0, 0.1) is 34.9 Å². The van der Waals surface area contributed by atoms with Gasteiger partial charge in [0.2, 0.25) is 0 Å². The molecule has 0 spiro atoms. The van der Waals surface area contributed by atoms with Gasteiger partial charge in [-0.3, -0.25) is 10.4 Å². The number of nitrogens with one attached hydrogen (secondary N) is 1. The summed E-state index contributed by atoms with van der Waals surface area (Å²) in [4.78, 5) is 7.80. The maximum atomic E-state index is 15.7. The molecule has 7 aromatic rings. The van der Waals surface area contributed by atoms with Crippen LogP contribution >= 0.6 is 23.2 Å². The van der Waals surface area contributed by atoms with Crippen molar-refractivity contribution in [2.45, 2.75) is 26.8 Å². The first kappa shape index (κ1) is 46.6. The first-order valence-electron chi connectivity index (χ1n) is 18.9. The molecule has 0 aliphatic carbocycles. The third kappa shape index (κ3) is 9.85. The van der Waals surface area contributed by atoms with E-state index in [1.807, 2.05) is 0 Å². The number of sulfone groups is 2. The van der Waals surface area contributed by atoms with Crippen LogP contribution in [0.25, 0.3) is 0 Å². The summed E-state index contributed by atoms with van der Waals surface area (Å²) in [6, 6.07) is 18.9. The van der Waals surface area contributed by atoms with Gasteiger partial charge >= 0.3 is 0 Å². The van der Waals surface area contributed by atoms with Crippen molar-refractivity contribution in [3.8, 4) is 11.5 Å². The molecule has 5 aromatic carbocycles. The SMILES string of the molecule is COc1ccc(CN(Nc2cc(C(c3cc(F)ccc3F)S(=O)(=O)c3ccc(F)cc3)c(Cl)cn2)c2cc(C(c3cc(F)ccc3F)S(=O)(=O)c3ccc(F)cc3)c(Cl)cn2)cc1OC. The van der Waals surface area contributed by atoms with E-state index in [0.717, 1.165) is 91.3 Å². The Morgan fingerprint density at radius 2 is 1.02 bits per heavy atom. The van der Waals surface area contributed by atoms with E-state index < -0.39 is 86.0 Å². The minimum Gasteiger partial charge on any atom is -0.493 e. The van der Waals surface area contributed by atoms with E-state index in [4.69, 9.17) is 32.7 Å². The predicted octanol–water partition coefficient (Wildman–Crippen LogP) is 10.8. The zero-order valence-electron chi connectivity index (χ0n) is 33.6. The Morgan fingerprint density at radius 3 is 1.51 bits per heavy atom. The number of rotatable bonds is 15. The smallest absolute Gasteiger partial charge is 0.189 e. The number of pyridine rings is 2. The van der Waals surface area contributed by atoms with E-state index in [1.54, 1.807) is 18.2 Å². The van der Waals surface area contributed by atoms with E-state index in [9.17, 15) is 34.4 Å². The molecule has 2 atom stereocenters. The van der Waals surface area contributed by atoms with Crippen LogP contribution in [0.15, 0.2) is 137 Å². The van der Waals surface area contributed by atoms with E-state index in [0.29, 0.717) is 29.2 Å². The lowest BCUT2D eigenvalue weighted by Crippen LogP contribution is -2.31. The van der Waals surface area contributed by atoms with Gasteiger partial charge in [-0.2, -0.15) is 0 Å². The molecule has 20 heteroatoms. The Bertz CT molecular complexity index is 3140. The van der Waals surface area contributed by atoms with Crippen molar-refractivity contribution in [3.63, 3.8) is 0 Å². The van der Waals surface area contributed by atoms with Gasteiger partial charge in [0, 0.05) is 23.5 Å². The normalized spacial score (nSPS) is 12.6. The number of aromatic nitrogens is 2. The summed E-state index contributed by atoms with van der Waals surface area (Å²) in [5, 5.41) is -3.43. The minimum absolute atomic E-state index is 0.139. The number of anilines is 2. The van der Waals surface area contributed by atoms with Crippen LogP contribution in [0.1, 0.15) is 38.3 Å². The van der Waals surface area contributed by atoms with Crippen molar-refractivity contribution in [2.75, 3.05) is 24.7 Å². The lowest BCUT2D eigenvalue weighted by molar-refractivity contribution is 0.354. The standard InChI is InChI=1S/C45H32Cl2F6N4O6S2/c1-62-40-16-3-25(17-41(40)63-2)24-57(43-21-33(37(47)23-55-43)45(35-19-29(51)9-15-39(35)53)65(60,61)31-12-6-27(49)7-13-31)56-42-20-32(36(46)22-54-42)44(34-18-28(50)8-14-38(34)52)64(58,59)30-10-4-26(48)5-11-30/h3-23,44-45H,24H2,1-2H3,(H,54,56). The molecule has 65 heavy (non-hydrogen) atoms. The van der Waals surface area contributed by atoms with Crippen molar-refractivity contribution in [1.82, 2.24) is 9.97 Å². The van der Waals surface area contributed by atoms with Gasteiger partial charge in [0.1, 0.15) is 57.0 Å². The highest BCUT2D eigenvalue weighted by molar-refractivity contribution is 7.92. The van der Waals surface area contributed by atoms with Crippen LogP contribution in [0.3, 0.4) is 0 Å². The number of hydrogen-bond acceptors (Lipinski definition) is 10. The van der Waals surface area contributed by atoms with E-state index in [-0.39, 0.29) is 39.4 Å². The third-order valence-electron chi connectivity index (χ3n) is 10.0. The molecule has 1 N–H and O–H groups in total. The number of halogens is 8. The Kier molecular flexibility index (Phi) is 13.6. The Hall–Kier alpha value is -6.34. The number of methoxy groups -OCH3 is 2. The summed E-state index contributed by atoms with van der Waals surface area (Å²) in [5.41, 5.74) is 1.57. The highest BCUT2D eigenvalue weighted by atomic mass is 35.5. The van der Waals surface area contributed by atoms with Gasteiger partial charge in [0.15, 0.2) is 31.2 Å². The molecule has 0 fully saturated rings. The molecule has 0 radical (unpaired) electrons. The largest absolute Gasteiger partial charge is 0.493 e. The topological polar surface area (TPSA) is 128 Å². The summed E-state index contributed by atoms with van der Waals surface area (Å²) >= 11 is 13.3. The van der Waals surface area contributed by atoms with Crippen LogP contribution in [0.4, 0.5) is 38.0 Å². The quantitative estimate of drug-likeness (QED) is 0.0602. The fraction of sp³-hybridized carbons (Fsp3) is 0.111. The van der Waals surface area contributed by atoms with Gasteiger partial charge in [-0.1, -0.05) is 29.3 Å². The minimum atomic E-state index is -4.77. The van der Waals surface area contributed by atoms with Gasteiger partial charge < -0.3 is 9.47 Å². The Morgan fingerprint density at radius 1 is 0.554 bits per heavy atom. The summed E-state index contributed by atoms with van der Waals surface area (Å²) in [6.07, 6.45) is 2.09. The van der Waals surface area contributed by atoms with Gasteiger partial charge in [0.25, 0.3) is 0 Å². The highest BCUT2D eigenvalue weighted by Gasteiger charge is 2.37. The van der Waals surface area contributed by atoms with Crippen LogP contribution < -0.4 is 19.9 Å². The van der Waals surface area contributed by atoms with Crippen molar-refractivity contribution in [1.29, 1.82) is 0 Å². The molecule has 0 amide bonds. The second kappa shape index (κ2) is 19.0. The van der Waals surface area contributed by atoms with Crippen molar-refractivity contribution in [3.05, 3.63) is 200 Å². The lowest BCUT2D eigenvalue weighted by Gasteiger charge is -2.28. The first-order chi connectivity index (χ1) is 30.9. The number of benzene rings is 5. The Labute approximate surface area is 378 Å². The molecular weight excluding hydrogens is 942 g/mol. The number of ether oxygens (including phenoxy) is 2. The zero-order chi connectivity index (χ0) is 46.8. The monoisotopic (exact) mass is 972 g/mol. The zero-order valence-corrected chi connectivity index (χ0v) is 36.8. The van der Waals surface area contributed by atoms with Crippen LogP contribution in [0.2, 0.25) is 10.0 Å². The fourth-order valence-electron chi connectivity index (χ4n) is 6.94. The molecular formula is C45H32Cl2F6N4O6S2. The van der Waals surface area contributed by atoms with Crippen molar-refractivity contribution < 1.29 is 52.7 Å². The highest BCUT2D eigenvalue weighted by Crippen LogP contribution is 2.43. The second-order valence-corrected chi connectivity index (χ2v) is 19.0. The molecule has 0 bridgehead atoms. The van der Waals surface area contributed by atoms with Gasteiger partial charge in [-0.15, -0.1) is 0 Å². The molecule has 0 aliphatic heterocycles. The van der Waals surface area contributed by atoms with E-state index >= 15 is 8.78 Å². The molecule has 336 valence electrons. The summed E-state index contributed by atoms with van der Waals surface area (Å²) < 4.78 is 157. The van der Waals surface area contributed by atoms with Crippen LogP contribution in [-0.2, 0) is 26.2 Å². The number of hydrogen-bond donors (Lipinski definition) is 1. The predicted molar refractivity (Wildman–Crippen MR) is 231 cm³/mol. The maximum absolute atomic E-state index is 15.7. The van der Waals surface area contributed by atoms with Gasteiger partial charge in [0.05, 0.1) is 40.6 Å². The molecule has 0 saturated carbocycles. The van der Waals surface area contributed by atoms with E-state index in [1.165, 1.54) is 25.3 Å².